The number of carbonyl (C=O) groups excluding carboxylic acids is 3. The van der Waals surface area contributed by atoms with Crippen molar-refractivity contribution in [2.45, 2.75) is 297 Å². The van der Waals surface area contributed by atoms with Crippen LogP contribution in [0, 0.1) is 0 Å². The Morgan fingerprint density at radius 3 is 0.802 bits per heavy atom. The van der Waals surface area contributed by atoms with Crippen LogP contribution in [0.2, 0.25) is 0 Å². The van der Waals surface area contributed by atoms with Crippen molar-refractivity contribution in [1.82, 2.24) is 0 Å². The third kappa shape index (κ3) is 66.0. The lowest BCUT2D eigenvalue weighted by Crippen LogP contribution is -2.30. The first-order valence-electron chi connectivity index (χ1n) is 33.3. The molecule has 0 N–H and O–H groups in total. The molecule has 0 aromatic heterocycles. The molecule has 458 valence electrons. The van der Waals surface area contributed by atoms with Crippen molar-refractivity contribution in [3.63, 3.8) is 0 Å². The van der Waals surface area contributed by atoms with Gasteiger partial charge in [0.25, 0.3) is 0 Å². The smallest absolute Gasteiger partial charge is 0.306 e. The summed E-state index contributed by atoms with van der Waals surface area (Å²) in [6.07, 6.45) is 97.5. The highest BCUT2D eigenvalue weighted by Crippen LogP contribution is 2.15. The van der Waals surface area contributed by atoms with Gasteiger partial charge in [0.1, 0.15) is 13.2 Å². The van der Waals surface area contributed by atoms with Gasteiger partial charge in [-0.1, -0.05) is 295 Å². The zero-order chi connectivity index (χ0) is 58.5. The number of hydrogen-bond donors (Lipinski definition) is 0. The second kappa shape index (κ2) is 67.8. The molecule has 0 aromatic carbocycles. The Kier molecular flexibility index (Phi) is 63.9. The minimum atomic E-state index is -0.806. The lowest BCUT2D eigenvalue weighted by Gasteiger charge is -2.18. The number of allylic oxidation sites excluding steroid dienone is 24. The van der Waals surface area contributed by atoms with E-state index in [2.05, 4.69) is 167 Å². The predicted molar refractivity (Wildman–Crippen MR) is 352 cm³/mol. The maximum atomic E-state index is 12.9. The number of unbranched alkanes of at least 4 members (excludes halogenated alkanes) is 24. The van der Waals surface area contributed by atoms with E-state index < -0.39 is 6.10 Å². The maximum Gasteiger partial charge on any atom is 0.306 e. The summed E-state index contributed by atoms with van der Waals surface area (Å²) >= 11 is 0. The minimum Gasteiger partial charge on any atom is -0.462 e. The molecular weight excluding hydrogens is 997 g/mol. The summed E-state index contributed by atoms with van der Waals surface area (Å²) in [4.78, 5) is 38.1. The van der Waals surface area contributed by atoms with Crippen LogP contribution in [0.3, 0.4) is 0 Å². The Morgan fingerprint density at radius 2 is 0.494 bits per heavy atom. The van der Waals surface area contributed by atoms with Gasteiger partial charge in [0.2, 0.25) is 0 Å². The van der Waals surface area contributed by atoms with Crippen molar-refractivity contribution in [1.29, 1.82) is 0 Å². The van der Waals surface area contributed by atoms with Crippen LogP contribution in [0.25, 0.3) is 0 Å². The van der Waals surface area contributed by atoms with E-state index in [1.54, 1.807) is 0 Å². The van der Waals surface area contributed by atoms with Crippen LogP contribution in [0.15, 0.2) is 146 Å². The first kappa shape index (κ1) is 76.3. The van der Waals surface area contributed by atoms with Crippen molar-refractivity contribution in [3.8, 4) is 0 Å². The normalized spacial score (nSPS) is 13.1. The Morgan fingerprint density at radius 1 is 0.259 bits per heavy atom. The third-order valence-electron chi connectivity index (χ3n) is 13.8. The highest BCUT2D eigenvalue weighted by Gasteiger charge is 2.19. The van der Waals surface area contributed by atoms with Gasteiger partial charge in [-0.05, 0) is 122 Å². The highest BCUT2D eigenvalue weighted by atomic mass is 16.6. The topological polar surface area (TPSA) is 78.9 Å². The van der Waals surface area contributed by atoms with E-state index in [-0.39, 0.29) is 37.5 Å². The van der Waals surface area contributed by atoms with Crippen molar-refractivity contribution in [2.24, 2.45) is 0 Å². The quantitative estimate of drug-likeness (QED) is 0.0261. The molecule has 6 nitrogen and oxygen atoms in total. The predicted octanol–water partition coefficient (Wildman–Crippen LogP) is 23.1. The molecule has 0 saturated carbocycles. The Balaban J connectivity index is 4.26. The number of hydrogen-bond acceptors (Lipinski definition) is 6. The summed E-state index contributed by atoms with van der Waals surface area (Å²) in [5.41, 5.74) is 0. The van der Waals surface area contributed by atoms with Gasteiger partial charge in [-0.25, -0.2) is 0 Å². The van der Waals surface area contributed by atoms with Gasteiger partial charge in [-0.3, -0.25) is 14.4 Å². The highest BCUT2D eigenvalue weighted by molar-refractivity contribution is 5.71. The number of ether oxygens (including phenoxy) is 3. The average molecular weight is 1120 g/mol. The van der Waals surface area contributed by atoms with Gasteiger partial charge in [0.15, 0.2) is 6.10 Å². The van der Waals surface area contributed by atoms with Crippen LogP contribution in [-0.4, -0.2) is 37.2 Å². The molecule has 0 heterocycles. The molecule has 0 saturated heterocycles. The molecule has 0 bridgehead atoms. The standard InChI is InChI=1S/C75H122O6/c1-4-7-10-13-16-18-20-22-24-26-28-30-32-34-36-37-39-40-42-44-46-48-50-52-54-56-59-62-65-68-74(77)80-71-72(70-79-73(76)67-64-61-58-15-12-9-6-3)81-75(78)69-66-63-60-57-55-53-51-49-47-45-43-41-38-35-33-31-29-27-25-23-21-19-17-14-11-8-5-2/h7,10,16,18,21-24,27-30,33-36,39-40,44,46,50,52,56,59,72H,4-6,8-9,11-15,17,19-20,25-26,31-32,37-38,41-43,45,47-49,51,53-55,57-58,60-71H2,1-3H3/b10-7-,18-16-,23-21-,24-22-,29-27-,30-28-,35-33-,36-34-,40-39-,46-44-,52-50-,59-56-. The molecule has 0 aliphatic carbocycles. The monoisotopic (exact) mass is 1120 g/mol. The molecule has 0 fully saturated rings. The first-order chi connectivity index (χ1) is 40.0. The lowest BCUT2D eigenvalue weighted by molar-refractivity contribution is -0.167. The molecule has 6 heteroatoms. The Labute approximate surface area is 499 Å². The van der Waals surface area contributed by atoms with Crippen molar-refractivity contribution in [2.75, 3.05) is 13.2 Å². The summed E-state index contributed by atoms with van der Waals surface area (Å²) in [6.45, 7) is 6.43. The van der Waals surface area contributed by atoms with Gasteiger partial charge in [-0.2, -0.15) is 0 Å². The molecule has 81 heavy (non-hydrogen) atoms. The average Bonchev–Trinajstić information content (AvgIpc) is 3.47. The fraction of sp³-hybridized carbons (Fsp3) is 0.640. The molecule has 1 atom stereocenters. The van der Waals surface area contributed by atoms with Crippen LogP contribution < -0.4 is 0 Å². The van der Waals surface area contributed by atoms with Gasteiger partial charge in [-0.15, -0.1) is 0 Å². The molecule has 0 amide bonds. The van der Waals surface area contributed by atoms with Crippen LogP contribution in [0.1, 0.15) is 290 Å². The van der Waals surface area contributed by atoms with E-state index in [0.29, 0.717) is 19.3 Å². The second-order valence-electron chi connectivity index (χ2n) is 21.6. The summed E-state index contributed by atoms with van der Waals surface area (Å²) in [5, 5.41) is 0. The summed E-state index contributed by atoms with van der Waals surface area (Å²) in [5.74, 6) is -0.971. The van der Waals surface area contributed by atoms with Gasteiger partial charge in [0.05, 0.1) is 0 Å². The molecular formula is C75H122O6. The summed E-state index contributed by atoms with van der Waals surface area (Å²) in [6, 6.07) is 0. The molecule has 0 aliphatic rings. The fourth-order valence-corrected chi connectivity index (χ4v) is 8.86. The summed E-state index contributed by atoms with van der Waals surface area (Å²) in [7, 11) is 0. The zero-order valence-electron chi connectivity index (χ0n) is 52.5. The molecule has 0 rings (SSSR count). The van der Waals surface area contributed by atoms with Crippen LogP contribution in [0.5, 0.6) is 0 Å². The van der Waals surface area contributed by atoms with Crippen molar-refractivity contribution >= 4 is 17.9 Å². The molecule has 1 unspecified atom stereocenters. The van der Waals surface area contributed by atoms with E-state index in [4.69, 9.17) is 14.2 Å². The van der Waals surface area contributed by atoms with Crippen LogP contribution >= 0.6 is 0 Å². The molecule has 0 aromatic rings. The first-order valence-corrected chi connectivity index (χ1v) is 33.3. The summed E-state index contributed by atoms with van der Waals surface area (Å²) < 4.78 is 16.8. The number of carbonyl (C=O) groups is 3. The lowest BCUT2D eigenvalue weighted by atomic mass is 10.0. The van der Waals surface area contributed by atoms with Gasteiger partial charge >= 0.3 is 17.9 Å². The van der Waals surface area contributed by atoms with Crippen molar-refractivity contribution in [3.05, 3.63) is 146 Å². The second-order valence-corrected chi connectivity index (χ2v) is 21.6. The van der Waals surface area contributed by atoms with Gasteiger partial charge in [0, 0.05) is 19.3 Å². The minimum absolute atomic E-state index is 0.1000. The fourth-order valence-electron chi connectivity index (χ4n) is 8.86. The SMILES string of the molecule is CC/C=C\C/C=C\C/C=C\C/C=C\C/C=C\C/C=C\C/C=C\C/C=C\C/C=C\CCCC(=O)OCC(COC(=O)CCCCCCCCC)OC(=O)CCCCCCCCCCCCCC/C=C\C/C=C\C/C=C\CCCCCCC. The van der Waals surface area contributed by atoms with E-state index in [1.807, 2.05) is 0 Å². The molecule has 0 radical (unpaired) electrons. The number of rotatable bonds is 59. The van der Waals surface area contributed by atoms with E-state index in [9.17, 15) is 14.4 Å². The van der Waals surface area contributed by atoms with Gasteiger partial charge < -0.3 is 14.2 Å². The van der Waals surface area contributed by atoms with E-state index in [1.165, 1.54) is 128 Å². The molecule has 0 aliphatic heterocycles. The zero-order valence-corrected chi connectivity index (χ0v) is 52.5. The molecule has 0 spiro atoms. The maximum absolute atomic E-state index is 12.9. The Hall–Kier alpha value is -4.71. The van der Waals surface area contributed by atoms with E-state index >= 15 is 0 Å². The largest absolute Gasteiger partial charge is 0.462 e. The van der Waals surface area contributed by atoms with Crippen LogP contribution in [-0.2, 0) is 28.6 Å². The third-order valence-corrected chi connectivity index (χ3v) is 13.8. The van der Waals surface area contributed by atoms with Crippen molar-refractivity contribution < 1.29 is 28.6 Å². The van der Waals surface area contributed by atoms with Crippen LogP contribution in [0.4, 0.5) is 0 Å². The number of esters is 3. The Bertz CT molecular complexity index is 1760. The van der Waals surface area contributed by atoms with E-state index in [0.717, 1.165) is 116 Å².